The summed E-state index contributed by atoms with van der Waals surface area (Å²) in [6.45, 7) is 0. The van der Waals surface area contributed by atoms with Crippen molar-refractivity contribution in [1.29, 1.82) is 0 Å². The van der Waals surface area contributed by atoms with Gasteiger partial charge in [0, 0.05) is 66.2 Å². The number of furan rings is 2. The molecule has 1 N–H and O–H groups in total. The fourth-order valence-electron chi connectivity index (χ4n) is 17.7. The summed E-state index contributed by atoms with van der Waals surface area (Å²) < 4.78 is 19.3. The lowest BCUT2D eigenvalue weighted by Gasteiger charge is -2.33. The van der Waals surface area contributed by atoms with Gasteiger partial charge >= 0.3 is 0 Å². The maximum absolute atomic E-state index is 6.90. The second-order valence-corrected chi connectivity index (χ2v) is 30.9. The minimum Gasteiger partial charge on any atom is -0.455 e. The number of nitrogens with zero attached hydrogens (tertiary/aromatic N) is 10. The zero-order valence-corrected chi connectivity index (χ0v) is 65.0. The standard InChI is InChI=1S/C59H37N5O.C47H28N6OS/c1-5-20-38(21-6-1)55-61-56(44-30-18-34-48-52(44)42-28-13-14-33-47(42)59(48,39-22-7-2-8-23-39)40-24-9-3-10-25-40)63-57(62-55)45-31-19-37-51-53(45)43-29-17-32-46(54(43)65-51)58-60-49-35-15-16-36-50(49)64(58)41-26-11-4-12-27-41;1-3-13-29(14-4-1)43-50-44(30-25-27-31(28-26-30)47-49-37-21-8-10-24-40(37)55-47)52-45(51-43)34-18-12-23-39-41(34)33-17-11-19-35(42(33)54-39)46-48-36-20-7-9-22-38(36)53(46)32-15-5-2-6-16-32/h1-37H;1-28H/p+1. The van der Waals surface area contributed by atoms with Crippen LogP contribution in [0, 0.1) is 0 Å². The molecule has 14 heteroatoms. The minimum atomic E-state index is -0.567. The molecule has 0 fully saturated rings. The van der Waals surface area contributed by atoms with Crippen molar-refractivity contribution in [3.63, 3.8) is 0 Å². The number of aromatic amines is 1. The minimum absolute atomic E-state index is 0.561. The van der Waals surface area contributed by atoms with Crippen LogP contribution >= 0.6 is 11.3 Å². The number of hydrogen-bond donors (Lipinski definition) is 1. The molecule has 1 aliphatic carbocycles. The van der Waals surface area contributed by atoms with E-state index < -0.39 is 5.41 Å². The molecule has 16 aromatic carbocycles. The monoisotopic (exact) mass is 1560 g/mol. The van der Waals surface area contributed by atoms with Crippen LogP contribution in [0.3, 0.4) is 0 Å². The molecule has 7 aromatic heterocycles. The van der Waals surface area contributed by atoms with E-state index in [2.05, 4.69) is 305 Å². The molecular formula is C106H66N11O2S+. The summed E-state index contributed by atoms with van der Waals surface area (Å²) >= 11 is 1.69. The van der Waals surface area contributed by atoms with E-state index in [4.69, 9.17) is 48.7 Å². The lowest BCUT2D eigenvalue weighted by atomic mass is 9.67. The molecule has 562 valence electrons. The average molecular weight is 1560 g/mol. The van der Waals surface area contributed by atoms with Crippen LogP contribution in [0.4, 0.5) is 0 Å². The molecule has 0 radical (unpaired) electrons. The maximum atomic E-state index is 6.90. The summed E-state index contributed by atoms with van der Waals surface area (Å²) in [6, 6.07) is 136. The van der Waals surface area contributed by atoms with Gasteiger partial charge in [0.2, 0.25) is 0 Å². The molecule has 23 aromatic rings. The first-order valence-corrected chi connectivity index (χ1v) is 40.8. The maximum Gasteiger partial charge on any atom is 0.296 e. The van der Waals surface area contributed by atoms with Crippen molar-refractivity contribution in [1.82, 2.24) is 49.4 Å². The first kappa shape index (κ1) is 69.5. The highest BCUT2D eigenvalue weighted by Gasteiger charge is 2.47. The van der Waals surface area contributed by atoms with Crippen molar-refractivity contribution >= 4 is 87.5 Å². The van der Waals surface area contributed by atoms with Crippen LogP contribution in [-0.4, -0.2) is 49.4 Å². The first-order chi connectivity index (χ1) is 59.5. The van der Waals surface area contributed by atoms with E-state index in [0.717, 1.165) is 161 Å². The Morgan fingerprint density at radius 3 is 1.41 bits per heavy atom. The third kappa shape index (κ3) is 11.6. The Bertz CT molecular complexity index is 7830. The highest BCUT2D eigenvalue weighted by atomic mass is 32.1. The van der Waals surface area contributed by atoms with E-state index in [1.165, 1.54) is 27.0 Å². The van der Waals surface area contributed by atoms with Gasteiger partial charge in [0.05, 0.1) is 32.2 Å². The zero-order valence-electron chi connectivity index (χ0n) is 64.2. The summed E-state index contributed by atoms with van der Waals surface area (Å²) in [5.41, 5.74) is 24.9. The normalized spacial score (nSPS) is 12.2. The Morgan fingerprint density at radius 2 is 0.767 bits per heavy atom. The topological polar surface area (TPSA) is 154 Å². The Kier molecular flexibility index (Phi) is 16.6. The van der Waals surface area contributed by atoms with Crippen molar-refractivity contribution in [2.75, 3.05) is 0 Å². The van der Waals surface area contributed by atoms with Crippen LogP contribution < -0.4 is 4.57 Å². The Balaban J connectivity index is 0.000000142. The quantitative estimate of drug-likeness (QED) is 0.110. The number of fused-ring (bicyclic) bond motifs is 12. The average Bonchev–Trinajstić information content (AvgIpc) is 1.52. The highest BCUT2D eigenvalue weighted by Crippen LogP contribution is 2.58. The van der Waals surface area contributed by atoms with Gasteiger partial charge in [0.25, 0.3) is 5.82 Å². The predicted octanol–water partition coefficient (Wildman–Crippen LogP) is 25.6. The van der Waals surface area contributed by atoms with E-state index in [9.17, 15) is 0 Å². The molecule has 13 nitrogen and oxygen atoms in total. The van der Waals surface area contributed by atoms with Crippen LogP contribution in [0.15, 0.2) is 403 Å². The van der Waals surface area contributed by atoms with Gasteiger partial charge in [-0.3, -0.25) is 4.57 Å². The fourth-order valence-corrected chi connectivity index (χ4v) is 18.7. The first-order valence-electron chi connectivity index (χ1n) is 40.0. The van der Waals surface area contributed by atoms with E-state index in [-0.39, 0.29) is 0 Å². The molecule has 7 heterocycles. The number of thiazole rings is 1. The summed E-state index contributed by atoms with van der Waals surface area (Å²) in [7, 11) is 0. The van der Waals surface area contributed by atoms with Crippen LogP contribution in [-0.2, 0) is 5.41 Å². The van der Waals surface area contributed by atoms with Gasteiger partial charge in [-0.15, -0.1) is 11.3 Å². The summed E-state index contributed by atoms with van der Waals surface area (Å²) in [4.78, 5) is 45.1. The number of imidazole rings is 2. The zero-order chi connectivity index (χ0) is 79.2. The Morgan fingerprint density at radius 1 is 0.317 bits per heavy atom. The second-order valence-electron chi connectivity index (χ2n) is 29.8. The third-order valence-corrected chi connectivity index (χ3v) is 24.1. The van der Waals surface area contributed by atoms with Gasteiger partial charge < -0.3 is 8.83 Å². The molecule has 0 bridgehead atoms. The molecule has 0 saturated carbocycles. The van der Waals surface area contributed by atoms with Gasteiger partial charge in [0.15, 0.2) is 51.6 Å². The fraction of sp³-hybridized carbons (Fsp3) is 0.00943. The van der Waals surface area contributed by atoms with Crippen LogP contribution in [0.2, 0.25) is 0 Å². The summed E-state index contributed by atoms with van der Waals surface area (Å²) in [5.74, 6) is 5.25. The van der Waals surface area contributed by atoms with Crippen molar-refractivity contribution in [2.24, 2.45) is 0 Å². The van der Waals surface area contributed by atoms with Crippen molar-refractivity contribution in [3.8, 4) is 124 Å². The Labute approximate surface area is 691 Å². The van der Waals surface area contributed by atoms with Gasteiger partial charge in [-0.2, -0.15) is 4.57 Å². The lowest BCUT2D eigenvalue weighted by molar-refractivity contribution is -0.554. The van der Waals surface area contributed by atoms with Gasteiger partial charge in [0.1, 0.15) is 38.8 Å². The molecule has 120 heavy (non-hydrogen) atoms. The van der Waals surface area contributed by atoms with Crippen LogP contribution in [0.1, 0.15) is 22.3 Å². The summed E-state index contributed by atoms with van der Waals surface area (Å²) in [5, 5.41) is 4.79. The SMILES string of the molecule is c1ccc(-c2nc(-c3ccc(-c4nc5ccccc5s4)cc3)nc(-c3cccc4oc5c(-c6[nH]c7ccccc7[n+]6-c6ccccc6)cccc5c34)n2)cc1.c1ccc(-c2nc(-c3cccc4c3-c3ccccc3C4(c3ccccc3)c3ccccc3)nc(-c3cccc4oc5c(-c6nc7ccccc7n6-c6ccccc6)cccc5c34)n2)cc1. The number of benzene rings is 16. The molecule has 0 aliphatic heterocycles. The molecule has 1 aliphatic rings. The van der Waals surface area contributed by atoms with Crippen molar-refractivity contribution in [3.05, 3.63) is 417 Å². The molecular weight excluding hydrogens is 1490 g/mol. The number of para-hydroxylation sites is 9. The molecule has 0 amide bonds. The van der Waals surface area contributed by atoms with E-state index in [0.29, 0.717) is 34.9 Å². The molecule has 0 atom stereocenters. The second kappa shape index (κ2) is 28.8. The summed E-state index contributed by atoms with van der Waals surface area (Å²) in [6.07, 6.45) is 0. The number of H-pyrrole nitrogens is 1. The van der Waals surface area contributed by atoms with E-state index >= 15 is 0 Å². The molecule has 24 rings (SSSR count). The van der Waals surface area contributed by atoms with Crippen LogP contribution in [0.25, 0.3) is 200 Å². The third-order valence-electron chi connectivity index (χ3n) is 23.0. The number of rotatable bonds is 13. The van der Waals surface area contributed by atoms with E-state index in [1.54, 1.807) is 11.3 Å². The number of nitrogens with one attached hydrogen (secondary N) is 1. The predicted molar refractivity (Wildman–Crippen MR) is 482 cm³/mol. The largest absolute Gasteiger partial charge is 0.455 e. The smallest absolute Gasteiger partial charge is 0.296 e. The van der Waals surface area contributed by atoms with Crippen LogP contribution in [0.5, 0.6) is 0 Å². The Hall–Kier alpha value is -16.0. The van der Waals surface area contributed by atoms with Gasteiger partial charge in [-0.05, 0) is 118 Å². The lowest BCUT2D eigenvalue weighted by Crippen LogP contribution is -2.31. The molecule has 0 saturated heterocycles. The van der Waals surface area contributed by atoms with Crippen molar-refractivity contribution in [2.45, 2.75) is 5.41 Å². The number of aromatic nitrogens is 11. The highest BCUT2D eigenvalue weighted by molar-refractivity contribution is 7.21. The molecule has 0 spiro atoms. The van der Waals surface area contributed by atoms with E-state index in [1.807, 2.05) is 103 Å². The van der Waals surface area contributed by atoms with Gasteiger partial charge in [-0.25, -0.2) is 44.9 Å². The molecule has 0 unspecified atom stereocenters. The van der Waals surface area contributed by atoms with Crippen molar-refractivity contribution < 1.29 is 13.4 Å². The van der Waals surface area contributed by atoms with Gasteiger partial charge in [-0.1, -0.05) is 309 Å². The number of hydrogen-bond acceptors (Lipinski definition) is 11.